The maximum absolute atomic E-state index is 5.69. The molecule has 2 aliphatic carbocycles. The van der Waals surface area contributed by atoms with Gasteiger partial charge in [-0.2, -0.15) is 0 Å². The van der Waals surface area contributed by atoms with Crippen LogP contribution in [0.15, 0.2) is 49.1 Å². The molecule has 0 spiro atoms. The van der Waals surface area contributed by atoms with E-state index in [0.29, 0.717) is 6.61 Å². The summed E-state index contributed by atoms with van der Waals surface area (Å²) in [5.74, 6) is 4.74. The summed E-state index contributed by atoms with van der Waals surface area (Å²) in [6, 6.07) is 13.5. The summed E-state index contributed by atoms with van der Waals surface area (Å²) in [6.45, 7) is 6.63. The van der Waals surface area contributed by atoms with Crippen LogP contribution >= 0.6 is 0 Å². The van der Waals surface area contributed by atoms with Gasteiger partial charge in [-0.25, -0.2) is 0 Å². The molecule has 0 saturated heterocycles. The molecule has 2 aromatic rings. The van der Waals surface area contributed by atoms with Crippen molar-refractivity contribution in [1.82, 2.24) is 0 Å². The van der Waals surface area contributed by atoms with E-state index in [0.717, 1.165) is 29.4 Å². The van der Waals surface area contributed by atoms with Crippen LogP contribution in [0.25, 0.3) is 10.8 Å². The molecule has 2 saturated carbocycles. The largest absolute Gasteiger partial charge is 0.490 e. The van der Waals surface area contributed by atoms with Crippen molar-refractivity contribution in [2.45, 2.75) is 89.9 Å². The zero-order valence-electron chi connectivity index (χ0n) is 19.7. The Hall–Kier alpha value is -1.76. The summed E-state index contributed by atoms with van der Waals surface area (Å²) >= 11 is 0. The van der Waals surface area contributed by atoms with Crippen molar-refractivity contribution in [3.05, 3.63) is 54.6 Å². The first-order valence-electron chi connectivity index (χ1n) is 13.0. The van der Waals surface area contributed by atoms with Crippen LogP contribution in [0.3, 0.4) is 0 Å². The van der Waals surface area contributed by atoms with E-state index >= 15 is 0 Å². The summed E-state index contributed by atoms with van der Waals surface area (Å²) in [4.78, 5) is 0. The SMILES string of the molecule is C=CCOc1ccc2cc(C3CCC(CCC4CCC(CCC)CC4)CC3)ccc2c1. The third-order valence-corrected chi connectivity index (χ3v) is 8.17. The van der Waals surface area contributed by atoms with Gasteiger partial charge in [0.1, 0.15) is 12.4 Å². The van der Waals surface area contributed by atoms with Gasteiger partial charge in [0, 0.05) is 0 Å². The third-order valence-electron chi connectivity index (χ3n) is 8.17. The highest BCUT2D eigenvalue weighted by molar-refractivity contribution is 5.84. The van der Waals surface area contributed by atoms with E-state index in [4.69, 9.17) is 4.74 Å². The smallest absolute Gasteiger partial charge is 0.120 e. The quantitative estimate of drug-likeness (QED) is 0.369. The van der Waals surface area contributed by atoms with Crippen molar-refractivity contribution in [2.75, 3.05) is 6.61 Å². The Morgan fingerprint density at radius 3 is 2.00 bits per heavy atom. The lowest BCUT2D eigenvalue weighted by molar-refractivity contribution is 0.224. The lowest BCUT2D eigenvalue weighted by Crippen LogP contribution is -2.17. The van der Waals surface area contributed by atoms with Gasteiger partial charge in [-0.15, -0.1) is 0 Å². The summed E-state index contributed by atoms with van der Waals surface area (Å²) in [7, 11) is 0. The van der Waals surface area contributed by atoms with E-state index in [1.165, 1.54) is 87.8 Å². The van der Waals surface area contributed by atoms with Gasteiger partial charge in [0.25, 0.3) is 0 Å². The lowest BCUT2D eigenvalue weighted by atomic mass is 9.74. The van der Waals surface area contributed by atoms with Crippen LogP contribution in [-0.2, 0) is 0 Å². The topological polar surface area (TPSA) is 9.23 Å². The predicted molar refractivity (Wildman–Crippen MR) is 134 cm³/mol. The normalized spacial score (nSPS) is 26.6. The minimum absolute atomic E-state index is 0.562. The Balaban J connectivity index is 1.24. The van der Waals surface area contributed by atoms with Gasteiger partial charge in [-0.3, -0.25) is 0 Å². The molecule has 0 unspecified atom stereocenters. The summed E-state index contributed by atoms with van der Waals surface area (Å²) in [5.41, 5.74) is 1.54. The molecule has 2 aliphatic rings. The maximum atomic E-state index is 5.69. The number of benzene rings is 2. The summed E-state index contributed by atoms with van der Waals surface area (Å²) in [5, 5.41) is 2.61. The van der Waals surface area contributed by atoms with Gasteiger partial charge in [-0.1, -0.05) is 95.2 Å². The molecule has 0 atom stereocenters. The van der Waals surface area contributed by atoms with Gasteiger partial charge in [-0.05, 0) is 77.8 Å². The second kappa shape index (κ2) is 11.2. The fourth-order valence-corrected chi connectivity index (χ4v) is 6.21. The number of hydrogen-bond acceptors (Lipinski definition) is 1. The van der Waals surface area contributed by atoms with Crippen LogP contribution in [-0.4, -0.2) is 6.61 Å². The van der Waals surface area contributed by atoms with Gasteiger partial charge in [0.2, 0.25) is 0 Å². The number of fused-ring (bicyclic) bond motifs is 1. The van der Waals surface area contributed by atoms with Crippen molar-refractivity contribution >= 4 is 10.8 Å². The Morgan fingerprint density at radius 2 is 1.35 bits per heavy atom. The van der Waals surface area contributed by atoms with E-state index in [9.17, 15) is 0 Å². The Bertz CT molecular complexity index is 821. The minimum Gasteiger partial charge on any atom is -0.490 e. The molecule has 0 bridgehead atoms. The van der Waals surface area contributed by atoms with E-state index in [1.807, 2.05) is 0 Å². The first-order valence-corrected chi connectivity index (χ1v) is 13.0. The fraction of sp³-hybridized carbons (Fsp3) is 0.600. The zero-order valence-corrected chi connectivity index (χ0v) is 19.7. The molecule has 2 fully saturated rings. The average Bonchev–Trinajstić information content (AvgIpc) is 2.82. The zero-order chi connectivity index (χ0) is 21.5. The van der Waals surface area contributed by atoms with Crippen molar-refractivity contribution < 1.29 is 4.74 Å². The maximum Gasteiger partial charge on any atom is 0.120 e. The standard InChI is InChI=1S/C30H42O/c1-3-5-23-6-8-24(9-7-23)10-11-25-12-14-26(15-13-25)27-16-17-29-22-30(31-20-4-2)19-18-28(29)21-27/h4,16-19,21-26H,2-3,5-15,20H2,1H3. The highest BCUT2D eigenvalue weighted by Crippen LogP contribution is 2.40. The molecule has 0 radical (unpaired) electrons. The first kappa shape index (κ1) is 22.4. The molecule has 2 aromatic carbocycles. The Labute approximate surface area is 190 Å². The van der Waals surface area contributed by atoms with Gasteiger partial charge in [0.15, 0.2) is 0 Å². The first-order chi connectivity index (χ1) is 15.2. The van der Waals surface area contributed by atoms with Crippen LogP contribution < -0.4 is 4.74 Å². The minimum atomic E-state index is 0.562. The van der Waals surface area contributed by atoms with Crippen molar-refractivity contribution in [2.24, 2.45) is 17.8 Å². The van der Waals surface area contributed by atoms with Gasteiger partial charge < -0.3 is 4.74 Å². The molecule has 31 heavy (non-hydrogen) atoms. The highest BCUT2D eigenvalue weighted by Gasteiger charge is 2.25. The molecule has 168 valence electrons. The van der Waals surface area contributed by atoms with Crippen molar-refractivity contribution in [3.63, 3.8) is 0 Å². The highest BCUT2D eigenvalue weighted by atomic mass is 16.5. The van der Waals surface area contributed by atoms with Gasteiger partial charge in [0.05, 0.1) is 0 Å². The van der Waals surface area contributed by atoms with Crippen LogP contribution in [0.4, 0.5) is 0 Å². The molecule has 0 N–H and O–H groups in total. The second-order valence-electron chi connectivity index (χ2n) is 10.3. The number of ether oxygens (including phenoxy) is 1. The molecule has 1 heteroatoms. The van der Waals surface area contributed by atoms with Crippen molar-refractivity contribution in [3.8, 4) is 5.75 Å². The predicted octanol–water partition coefficient (Wildman–Crippen LogP) is 9.07. The molecule has 0 amide bonds. The monoisotopic (exact) mass is 418 g/mol. The molecule has 0 aromatic heterocycles. The molecular weight excluding hydrogens is 376 g/mol. The molecular formula is C30H42O. The van der Waals surface area contributed by atoms with Crippen LogP contribution in [0.1, 0.15) is 95.5 Å². The third kappa shape index (κ3) is 6.15. The van der Waals surface area contributed by atoms with E-state index in [-0.39, 0.29) is 0 Å². The summed E-state index contributed by atoms with van der Waals surface area (Å²) < 4.78 is 5.69. The lowest BCUT2D eigenvalue weighted by Gasteiger charge is -2.32. The number of rotatable bonds is 9. The Kier molecular flexibility index (Phi) is 8.11. The molecule has 1 nitrogen and oxygen atoms in total. The van der Waals surface area contributed by atoms with Crippen molar-refractivity contribution in [1.29, 1.82) is 0 Å². The van der Waals surface area contributed by atoms with E-state index in [1.54, 1.807) is 11.6 Å². The average molecular weight is 419 g/mol. The molecule has 0 heterocycles. The molecule has 4 rings (SSSR count). The number of hydrogen-bond donors (Lipinski definition) is 0. The van der Waals surface area contributed by atoms with E-state index < -0.39 is 0 Å². The van der Waals surface area contributed by atoms with Gasteiger partial charge >= 0.3 is 0 Å². The fourth-order valence-electron chi connectivity index (χ4n) is 6.21. The van der Waals surface area contributed by atoms with Crippen LogP contribution in [0, 0.1) is 17.8 Å². The van der Waals surface area contributed by atoms with E-state index in [2.05, 4.69) is 49.9 Å². The second-order valence-corrected chi connectivity index (χ2v) is 10.3. The van der Waals surface area contributed by atoms with Crippen LogP contribution in [0.5, 0.6) is 5.75 Å². The molecule has 0 aliphatic heterocycles. The summed E-state index contributed by atoms with van der Waals surface area (Å²) in [6.07, 6.45) is 19.3. The van der Waals surface area contributed by atoms with Crippen LogP contribution in [0.2, 0.25) is 0 Å². The Morgan fingerprint density at radius 1 is 0.774 bits per heavy atom.